The molecule has 4 rings (SSSR count). The van der Waals surface area contributed by atoms with Gasteiger partial charge in [-0.2, -0.15) is 0 Å². The number of aryl methyl sites for hydroxylation is 2. The van der Waals surface area contributed by atoms with Gasteiger partial charge >= 0.3 is 11.9 Å². The molecule has 1 aliphatic rings. The van der Waals surface area contributed by atoms with E-state index in [1.807, 2.05) is 6.92 Å². The Morgan fingerprint density at radius 1 is 1.15 bits per heavy atom. The molecule has 2 heterocycles. The van der Waals surface area contributed by atoms with Crippen LogP contribution >= 0.6 is 22.9 Å². The number of aliphatic hydroxyl groups excluding tert-OH is 1. The Morgan fingerprint density at radius 3 is 2.48 bits per heavy atom. The van der Waals surface area contributed by atoms with Gasteiger partial charge in [0.25, 0.3) is 5.78 Å². The normalized spacial score (nSPS) is 17.5. The van der Waals surface area contributed by atoms with Crippen LogP contribution in [0.1, 0.15) is 38.1 Å². The molecule has 2 aromatic carbocycles. The summed E-state index contributed by atoms with van der Waals surface area (Å²) < 4.78 is 4.79. The number of aromatic nitrogens is 1. The molecule has 1 amide bonds. The number of esters is 1. The zero-order valence-corrected chi connectivity index (χ0v) is 19.5. The van der Waals surface area contributed by atoms with Crippen LogP contribution in [0, 0.1) is 13.8 Å². The van der Waals surface area contributed by atoms with E-state index in [0.717, 1.165) is 16.9 Å². The second-order valence-corrected chi connectivity index (χ2v) is 8.91. The molecule has 7 nitrogen and oxygen atoms in total. The smallest absolute Gasteiger partial charge is 0.350 e. The Kier molecular flexibility index (Phi) is 6.05. The lowest BCUT2D eigenvalue weighted by atomic mass is 9.95. The highest BCUT2D eigenvalue weighted by molar-refractivity contribution is 7.17. The van der Waals surface area contributed by atoms with Gasteiger partial charge in [0.15, 0.2) is 5.13 Å². The molecule has 1 aliphatic heterocycles. The molecule has 0 aliphatic carbocycles. The maximum absolute atomic E-state index is 13.2. The summed E-state index contributed by atoms with van der Waals surface area (Å²) in [6, 6.07) is 12.6. The third kappa shape index (κ3) is 4.03. The lowest BCUT2D eigenvalue weighted by molar-refractivity contribution is -0.132. The average molecular weight is 483 g/mol. The van der Waals surface area contributed by atoms with Crippen LogP contribution in [0.25, 0.3) is 5.76 Å². The van der Waals surface area contributed by atoms with E-state index in [0.29, 0.717) is 21.8 Å². The van der Waals surface area contributed by atoms with Crippen molar-refractivity contribution in [2.24, 2.45) is 0 Å². The molecule has 1 saturated heterocycles. The summed E-state index contributed by atoms with van der Waals surface area (Å²) in [6.07, 6.45) is 0. The fraction of sp³-hybridized carbons (Fsp3) is 0.167. The molecule has 1 N–H and O–H groups in total. The Morgan fingerprint density at radius 2 is 1.85 bits per heavy atom. The van der Waals surface area contributed by atoms with Gasteiger partial charge in [-0.05, 0) is 31.5 Å². The van der Waals surface area contributed by atoms with Crippen molar-refractivity contribution < 1.29 is 24.2 Å². The van der Waals surface area contributed by atoms with Gasteiger partial charge in [-0.1, -0.05) is 64.9 Å². The van der Waals surface area contributed by atoms with E-state index in [9.17, 15) is 19.5 Å². The largest absolute Gasteiger partial charge is 0.507 e. The molecule has 0 saturated carbocycles. The summed E-state index contributed by atoms with van der Waals surface area (Å²) in [6.45, 7) is 3.52. The number of carbonyl (C=O) groups is 3. The van der Waals surface area contributed by atoms with Gasteiger partial charge < -0.3 is 9.84 Å². The lowest BCUT2D eigenvalue weighted by Crippen LogP contribution is -2.29. The fourth-order valence-corrected chi connectivity index (χ4v) is 4.87. The van der Waals surface area contributed by atoms with E-state index >= 15 is 0 Å². The predicted octanol–water partition coefficient (Wildman–Crippen LogP) is 4.83. The highest BCUT2D eigenvalue weighted by atomic mass is 35.5. The molecule has 33 heavy (non-hydrogen) atoms. The summed E-state index contributed by atoms with van der Waals surface area (Å²) in [5.41, 5.74) is 2.18. The number of halogens is 1. The molecule has 168 valence electrons. The summed E-state index contributed by atoms with van der Waals surface area (Å²) in [5.74, 6) is -2.61. The molecule has 0 spiro atoms. The number of ether oxygens (including phenoxy) is 1. The van der Waals surface area contributed by atoms with Gasteiger partial charge in [0, 0.05) is 10.6 Å². The molecule has 3 aromatic rings. The van der Waals surface area contributed by atoms with Crippen LogP contribution in [-0.4, -0.2) is 34.9 Å². The van der Waals surface area contributed by atoms with E-state index < -0.39 is 23.7 Å². The zero-order valence-electron chi connectivity index (χ0n) is 18.0. The minimum absolute atomic E-state index is 0.0846. The molecule has 0 unspecified atom stereocenters. The van der Waals surface area contributed by atoms with Gasteiger partial charge in [0.1, 0.15) is 10.6 Å². The number of amides is 1. The second kappa shape index (κ2) is 8.80. The Balaban J connectivity index is 1.94. The van der Waals surface area contributed by atoms with E-state index in [1.165, 1.54) is 12.0 Å². The minimum Gasteiger partial charge on any atom is -0.507 e. The van der Waals surface area contributed by atoms with Gasteiger partial charge in [-0.3, -0.25) is 14.5 Å². The first-order chi connectivity index (χ1) is 15.7. The quantitative estimate of drug-likeness (QED) is 0.248. The molecule has 0 bridgehead atoms. The van der Waals surface area contributed by atoms with Crippen molar-refractivity contribution in [1.29, 1.82) is 0 Å². The summed E-state index contributed by atoms with van der Waals surface area (Å²) in [4.78, 5) is 44.2. The van der Waals surface area contributed by atoms with E-state index in [-0.39, 0.29) is 21.3 Å². The number of ketones is 1. The van der Waals surface area contributed by atoms with Crippen molar-refractivity contribution >= 4 is 51.5 Å². The van der Waals surface area contributed by atoms with Crippen LogP contribution in [0.3, 0.4) is 0 Å². The molecule has 1 fully saturated rings. The van der Waals surface area contributed by atoms with Crippen molar-refractivity contribution in [3.8, 4) is 0 Å². The zero-order chi connectivity index (χ0) is 23.9. The number of carbonyl (C=O) groups excluding carboxylic acids is 3. The number of hydrogen-bond donors (Lipinski definition) is 1. The highest BCUT2D eigenvalue weighted by Gasteiger charge is 2.48. The molecule has 0 radical (unpaired) electrons. The maximum atomic E-state index is 13.2. The third-order valence-electron chi connectivity index (χ3n) is 5.30. The van der Waals surface area contributed by atoms with Gasteiger partial charge in [0.05, 0.1) is 24.4 Å². The SMILES string of the molecule is COC(=O)c1sc(N2C(=O)C(=O)C(=C(O)c3ccc(C)cc3)[C@@H]2c2cccc(Cl)c2)nc1C. The monoisotopic (exact) mass is 482 g/mol. The molecule has 9 heteroatoms. The van der Waals surface area contributed by atoms with Crippen LogP contribution in [-0.2, 0) is 14.3 Å². The number of Topliss-reactive ketones (excluding diaryl/α,β-unsaturated/α-hetero) is 1. The molecule has 1 aromatic heterocycles. The Labute approximate surface area is 198 Å². The minimum atomic E-state index is -0.985. The van der Waals surface area contributed by atoms with Crippen LogP contribution in [0.15, 0.2) is 54.1 Å². The second-order valence-electron chi connectivity index (χ2n) is 7.49. The molecule has 1 atom stereocenters. The van der Waals surface area contributed by atoms with Gasteiger partial charge in [-0.15, -0.1) is 0 Å². The number of aliphatic hydroxyl groups is 1. The average Bonchev–Trinajstić information content (AvgIpc) is 3.30. The van der Waals surface area contributed by atoms with Crippen LogP contribution < -0.4 is 4.90 Å². The standard InChI is InChI=1S/C24H19ClN2O5S/c1-12-7-9-14(10-8-12)19(28)17-18(15-5-4-6-16(25)11-15)27(22(30)20(17)29)24-26-13(2)21(33-24)23(31)32-3/h4-11,18,28H,1-3H3/t18-/m0/s1. The number of thiazole rings is 1. The first-order valence-corrected chi connectivity index (χ1v) is 11.1. The number of rotatable bonds is 4. The number of nitrogens with zero attached hydrogens (tertiary/aromatic N) is 2. The van der Waals surface area contributed by atoms with Crippen LogP contribution in [0.2, 0.25) is 5.02 Å². The van der Waals surface area contributed by atoms with Crippen molar-refractivity contribution in [3.63, 3.8) is 0 Å². The summed E-state index contributed by atoms with van der Waals surface area (Å²) in [5, 5.41) is 11.7. The highest BCUT2D eigenvalue weighted by Crippen LogP contribution is 2.44. The summed E-state index contributed by atoms with van der Waals surface area (Å²) >= 11 is 7.14. The summed E-state index contributed by atoms with van der Waals surface area (Å²) in [7, 11) is 1.25. The number of hydrogen-bond acceptors (Lipinski definition) is 7. The van der Waals surface area contributed by atoms with Crippen LogP contribution in [0.4, 0.5) is 5.13 Å². The van der Waals surface area contributed by atoms with Crippen molar-refractivity contribution in [2.45, 2.75) is 19.9 Å². The van der Waals surface area contributed by atoms with E-state index in [1.54, 1.807) is 55.5 Å². The Hall–Kier alpha value is -3.49. The van der Waals surface area contributed by atoms with Gasteiger partial charge in [-0.25, -0.2) is 9.78 Å². The maximum Gasteiger partial charge on any atom is 0.350 e. The van der Waals surface area contributed by atoms with Crippen LogP contribution in [0.5, 0.6) is 0 Å². The van der Waals surface area contributed by atoms with Crippen molar-refractivity contribution in [2.75, 3.05) is 12.0 Å². The topological polar surface area (TPSA) is 96.8 Å². The van der Waals surface area contributed by atoms with E-state index in [4.69, 9.17) is 16.3 Å². The molecular formula is C24H19ClN2O5S. The fourth-order valence-electron chi connectivity index (χ4n) is 3.66. The third-order valence-corrected chi connectivity index (χ3v) is 6.67. The van der Waals surface area contributed by atoms with Crippen molar-refractivity contribution in [1.82, 2.24) is 4.98 Å². The molecular weight excluding hydrogens is 464 g/mol. The van der Waals surface area contributed by atoms with Crippen molar-refractivity contribution in [3.05, 3.63) is 86.4 Å². The number of benzene rings is 2. The van der Waals surface area contributed by atoms with Gasteiger partial charge in [0.2, 0.25) is 0 Å². The number of methoxy groups -OCH3 is 1. The Bertz CT molecular complexity index is 1310. The first-order valence-electron chi connectivity index (χ1n) is 9.92. The first kappa shape index (κ1) is 22.7. The predicted molar refractivity (Wildman–Crippen MR) is 126 cm³/mol. The number of anilines is 1. The lowest BCUT2D eigenvalue weighted by Gasteiger charge is -2.23. The van der Waals surface area contributed by atoms with E-state index in [2.05, 4.69) is 4.98 Å².